The van der Waals surface area contributed by atoms with Gasteiger partial charge in [-0.25, -0.2) is 0 Å². The molecule has 0 aliphatic heterocycles. The van der Waals surface area contributed by atoms with E-state index in [1.807, 2.05) is 0 Å². The Kier molecular flexibility index (Phi) is 3.65. The topological polar surface area (TPSA) is 32.3 Å². The van der Waals surface area contributed by atoms with Crippen LogP contribution in [0.2, 0.25) is 0 Å². The Balaban J connectivity index is 2.08. The number of rotatable bonds is 4. The number of hydrogen-bond acceptors (Lipinski definition) is 3. The Morgan fingerprint density at radius 1 is 1.57 bits per heavy atom. The molecular weight excluding hydrogens is 330 g/mol. The molecule has 0 amide bonds. The number of aliphatic hydroxyl groups excluding tert-OH is 1. The van der Waals surface area contributed by atoms with E-state index in [1.54, 1.807) is 11.3 Å². The molecule has 1 aliphatic carbocycles. The summed E-state index contributed by atoms with van der Waals surface area (Å²) in [6.07, 6.45) is 2.48. The van der Waals surface area contributed by atoms with Crippen molar-refractivity contribution in [3.63, 3.8) is 0 Å². The molecule has 2 N–H and O–H groups in total. The first-order chi connectivity index (χ1) is 6.70. The third kappa shape index (κ3) is 2.58. The van der Waals surface area contributed by atoms with E-state index < -0.39 is 0 Å². The lowest BCUT2D eigenvalue weighted by molar-refractivity contribution is 0.245. The fraction of sp³-hybridized carbons (Fsp3) is 0.556. The van der Waals surface area contributed by atoms with Crippen molar-refractivity contribution < 1.29 is 5.11 Å². The van der Waals surface area contributed by atoms with Crippen molar-refractivity contribution in [2.24, 2.45) is 0 Å². The third-order valence-corrected chi connectivity index (χ3v) is 5.57. The summed E-state index contributed by atoms with van der Waals surface area (Å²) >= 11 is 8.57. The van der Waals surface area contributed by atoms with E-state index in [-0.39, 0.29) is 12.6 Å². The minimum absolute atomic E-state index is 0.0927. The highest BCUT2D eigenvalue weighted by Crippen LogP contribution is 2.36. The molecule has 1 aliphatic rings. The zero-order valence-electron chi connectivity index (χ0n) is 7.46. The SMILES string of the molecule is OCC(NC1CC1)c1cc(Br)c(Br)s1. The summed E-state index contributed by atoms with van der Waals surface area (Å²) in [5, 5.41) is 12.7. The Hall–Kier alpha value is 0.580. The predicted octanol–water partition coefficient (Wildman–Crippen LogP) is 3.06. The van der Waals surface area contributed by atoms with Crippen LogP contribution < -0.4 is 5.32 Å². The molecule has 1 unspecified atom stereocenters. The van der Waals surface area contributed by atoms with Crippen LogP contribution in [0.1, 0.15) is 23.8 Å². The van der Waals surface area contributed by atoms with Crippen LogP contribution in [-0.2, 0) is 0 Å². The van der Waals surface area contributed by atoms with Gasteiger partial charge in [-0.05, 0) is 50.8 Å². The second-order valence-electron chi connectivity index (χ2n) is 3.45. The summed E-state index contributed by atoms with van der Waals surface area (Å²) in [6, 6.07) is 2.77. The van der Waals surface area contributed by atoms with Gasteiger partial charge in [-0.15, -0.1) is 11.3 Å². The summed E-state index contributed by atoms with van der Waals surface area (Å²) in [4.78, 5) is 1.18. The van der Waals surface area contributed by atoms with E-state index in [4.69, 9.17) is 0 Å². The molecule has 1 aromatic heterocycles. The minimum atomic E-state index is 0.0927. The van der Waals surface area contributed by atoms with E-state index in [2.05, 4.69) is 43.2 Å². The van der Waals surface area contributed by atoms with E-state index >= 15 is 0 Å². The maximum Gasteiger partial charge on any atom is 0.0843 e. The van der Waals surface area contributed by atoms with Gasteiger partial charge in [0.25, 0.3) is 0 Å². The van der Waals surface area contributed by atoms with Crippen LogP contribution in [0.4, 0.5) is 0 Å². The lowest BCUT2D eigenvalue weighted by Crippen LogP contribution is -2.25. The Labute approximate surface area is 104 Å². The second kappa shape index (κ2) is 4.61. The van der Waals surface area contributed by atoms with Gasteiger partial charge in [-0.1, -0.05) is 0 Å². The van der Waals surface area contributed by atoms with Gasteiger partial charge < -0.3 is 10.4 Å². The fourth-order valence-corrected chi connectivity index (χ4v) is 3.44. The minimum Gasteiger partial charge on any atom is -0.394 e. The molecule has 1 atom stereocenters. The molecule has 1 heterocycles. The van der Waals surface area contributed by atoms with Crippen LogP contribution in [-0.4, -0.2) is 17.8 Å². The highest BCUT2D eigenvalue weighted by atomic mass is 79.9. The van der Waals surface area contributed by atoms with Crippen molar-refractivity contribution in [3.8, 4) is 0 Å². The normalized spacial score (nSPS) is 18.5. The van der Waals surface area contributed by atoms with Crippen molar-refractivity contribution in [3.05, 3.63) is 19.2 Å². The number of thiophene rings is 1. The van der Waals surface area contributed by atoms with Crippen LogP contribution in [0.3, 0.4) is 0 Å². The van der Waals surface area contributed by atoms with Gasteiger partial charge in [0, 0.05) is 15.4 Å². The van der Waals surface area contributed by atoms with Crippen LogP contribution in [0.15, 0.2) is 14.3 Å². The summed E-state index contributed by atoms with van der Waals surface area (Å²) < 4.78 is 2.15. The molecular formula is C9H11Br2NOS. The summed E-state index contributed by atoms with van der Waals surface area (Å²) in [5.74, 6) is 0. The second-order valence-corrected chi connectivity index (χ2v) is 6.70. The molecule has 2 nitrogen and oxygen atoms in total. The van der Waals surface area contributed by atoms with E-state index in [1.165, 1.54) is 17.7 Å². The number of hydrogen-bond donors (Lipinski definition) is 2. The van der Waals surface area contributed by atoms with Crippen molar-refractivity contribution in [2.45, 2.75) is 24.9 Å². The van der Waals surface area contributed by atoms with Crippen molar-refractivity contribution >= 4 is 43.2 Å². The zero-order valence-corrected chi connectivity index (χ0v) is 11.5. The van der Waals surface area contributed by atoms with Crippen LogP contribution >= 0.6 is 43.2 Å². The maximum absolute atomic E-state index is 9.27. The fourth-order valence-electron chi connectivity index (χ4n) is 1.29. The van der Waals surface area contributed by atoms with Crippen molar-refractivity contribution in [2.75, 3.05) is 6.61 Å². The van der Waals surface area contributed by atoms with Gasteiger partial charge in [0.15, 0.2) is 0 Å². The van der Waals surface area contributed by atoms with Gasteiger partial charge in [0.05, 0.1) is 16.4 Å². The maximum atomic E-state index is 9.27. The van der Waals surface area contributed by atoms with Gasteiger partial charge in [0.2, 0.25) is 0 Å². The summed E-state index contributed by atoms with van der Waals surface area (Å²) in [7, 11) is 0. The highest BCUT2D eigenvalue weighted by Gasteiger charge is 2.26. The number of halogens is 2. The van der Waals surface area contributed by atoms with Gasteiger partial charge in [-0.2, -0.15) is 0 Å². The molecule has 0 saturated heterocycles. The number of nitrogens with one attached hydrogen (secondary N) is 1. The van der Waals surface area contributed by atoms with Gasteiger partial charge in [-0.3, -0.25) is 0 Å². The Morgan fingerprint density at radius 2 is 2.29 bits per heavy atom. The lowest BCUT2D eigenvalue weighted by atomic mass is 10.2. The highest BCUT2D eigenvalue weighted by molar-refractivity contribution is 9.13. The molecule has 5 heteroatoms. The first-order valence-electron chi connectivity index (χ1n) is 4.52. The van der Waals surface area contributed by atoms with Crippen molar-refractivity contribution in [1.82, 2.24) is 5.32 Å². The first kappa shape index (κ1) is 11.1. The molecule has 1 saturated carbocycles. The van der Waals surface area contributed by atoms with E-state index in [0.717, 1.165) is 8.26 Å². The van der Waals surface area contributed by atoms with Gasteiger partial charge >= 0.3 is 0 Å². The molecule has 1 aromatic rings. The van der Waals surface area contributed by atoms with E-state index in [9.17, 15) is 5.11 Å². The quantitative estimate of drug-likeness (QED) is 0.882. The van der Waals surface area contributed by atoms with Crippen LogP contribution in [0.25, 0.3) is 0 Å². The van der Waals surface area contributed by atoms with E-state index in [0.29, 0.717) is 6.04 Å². The van der Waals surface area contributed by atoms with Crippen LogP contribution in [0.5, 0.6) is 0 Å². The van der Waals surface area contributed by atoms with Gasteiger partial charge in [0.1, 0.15) is 0 Å². The smallest absolute Gasteiger partial charge is 0.0843 e. The monoisotopic (exact) mass is 339 g/mol. The molecule has 0 bridgehead atoms. The van der Waals surface area contributed by atoms with Crippen LogP contribution in [0, 0.1) is 0 Å². The zero-order chi connectivity index (χ0) is 10.1. The molecule has 1 fully saturated rings. The molecule has 0 spiro atoms. The molecule has 14 heavy (non-hydrogen) atoms. The molecule has 2 rings (SSSR count). The van der Waals surface area contributed by atoms with Crippen molar-refractivity contribution in [1.29, 1.82) is 0 Å². The average Bonchev–Trinajstić information content (AvgIpc) is 2.91. The Bertz CT molecular complexity index is 305. The molecule has 78 valence electrons. The largest absolute Gasteiger partial charge is 0.394 e. The molecule has 0 aromatic carbocycles. The summed E-state index contributed by atoms with van der Waals surface area (Å²) in [5.41, 5.74) is 0. The predicted molar refractivity (Wildman–Crippen MR) is 65.7 cm³/mol. The third-order valence-electron chi connectivity index (χ3n) is 2.20. The standard InChI is InChI=1S/C9H11Br2NOS/c10-6-3-8(14-9(6)11)7(4-13)12-5-1-2-5/h3,5,7,12-13H,1-2,4H2. The number of aliphatic hydroxyl groups is 1. The lowest BCUT2D eigenvalue weighted by Gasteiger charge is -2.13. The molecule has 0 radical (unpaired) electrons. The summed E-state index contributed by atoms with van der Waals surface area (Å²) in [6.45, 7) is 0.163. The average molecular weight is 341 g/mol. The Morgan fingerprint density at radius 3 is 2.71 bits per heavy atom. The first-order valence-corrected chi connectivity index (χ1v) is 6.92.